The van der Waals surface area contributed by atoms with Crippen LogP contribution in [0.15, 0.2) is 42.7 Å². The molecule has 3 amide bonds. The largest absolute Gasteiger partial charge is 0.467 e. The second-order valence-corrected chi connectivity index (χ2v) is 11.7. The predicted molar refractivity (Wildman–Crippen MR) is 139 cm³/mol. The first kappa shape index (κ1) is 26.9. The summed E-state index contributed by atoms with van der Waals surface area (Å²) in [6.07, 6.45) is 4.06. The molecule has 1 aromatic carbocycles. The number of benzene rings is 1. The number of amides is 3. The summed E-state index contributed by atoms with van der Waals surface area (Å²) < 4.78 is 6.38. The fraction of sp³-hybridized carbons (Fsp3) is 0.536. The maximum atomic E-state index is 13.5. The van der Waals surface area contributed by atoms with Crippen molar-refractivity contribution in [2.24, 2.45) is 22.7 Å². The normalized spacial score (nSPS) is 23.2. The lowest BCUT2D eigenvalue weighted by atomic mass is 9.70. The summed E-state index contributed by atoms with van der Waals surface area (Å²) in [5, 5.41) is 16.5. The zero-order chi connectivity index (χ0) is 27.9. The van der Waals surface area contributed by atoms with Crippen LogP contribution in [0.4, 0.5) is 0 Å². The number of hydrogen-bond acceptors (Lipinski definition) is 7. The molecule has 0 unspecified atom stereocenters. The summed E-state index contributed by atoms with van der Waals surface area (Å²) in [6.45, 7) is 5.19. The van der Waals surface area contributed by atoms with Gasteiger partial charge in [-0.15, -0.1) is 0 Å². The minimum Gasteiger partial charge on any atom is -0.467 e. The smallest absolute Gasteiger partial charge is 0.330 e. The fourth-order valence-corrected chi connectivity index (χ4v) is 5.89. The summed E-state index contributed by atoms with van der Waals surface area (Å²) >= 11 is 0. The van der Waals surface area contributed by atoms with Gasteiger partial charge in [0, 0.05) is 43.7 Å². The number of aliphatic hydroxyl groups excluding tert-OH is 1. The van der Waals surface area contributed by atoms with E-state index in [0.29, 0.717) is 31.7 Å². The molecule has 3 fully saturated rings. The number of nitrogens with zero attached hydrogens (tertiary/aromatic N) is 4. The zero-order valence-corrected chi connectivity index (χ0v) is 22.5. The van der Waals surface area contributed by atoms with Gasteiger partial charge in [0.05, 0.1) is 37.9 Å². The molecule has 11 nitrogen and oxygen atoms in total. The SMILES string of the molecule is COC(=O)[C@H](CO)NC(=O)[C@H]1CN(C(=O)c2cnn(Cc3ccccc3)c2)CC12CN(C(=O)[C@H]1CC1(C)C)C2. The molecule has 2 aliphatic heterocycles. The van der Waals surface area contributed by atoms with Gasteiger partial charge in [-0.3, -0.25) is 19.1 Å². The van der Waals surface area contributed by atoms with Crippen LogP contribution in [-0.4, -0.2) is 94.3 Å². The molecule has 0 bridgehead atoms. The maximum absolute atomic E-state index is 13.5. The number of ether oxygens (including phenoxy) is 1. The van der Waals surface area contributed by atoms with E-state index in [2.05, 4.69) is 29.0 Å². The molecule has 0 radical (unpaired) electrons. The van der Waals surface area contributed by atoms with Gasteiger partial charge in [0.2, 0.25) is 11.8 Å². The summed E-state index contributed by atoms with van der Waals surface area (Å²) in [7, 11) is 1.18. The van der Waals surface area contributed by atoms with Crippen molar-refractivity contribution < 1.29 is 29.0 Å². The Kier molecular flexibility index (Phi) is 6.96. The first-order valence-corrected chi connectivity index (χ1v) is 13.2. The first-order chi connectivity index (χ1) is 18.6. The Labute approximate surface area is 227 Å². The molecule has 3 atom stereocenters. The number of esters is 1. The number of rotatable bonds is 8. The highest BCUT2D eigenvalue weighted by Gasteiger charge is 2.62. The molecule has 3 heterocycles. The van der Waals surface area contributed by atoms with Crippen molar-refractivity contribution >= 4 is 23.7 Å². The predicted octanol–water partition coefficient (Wildman–Crippen LogP) is 0.528. The van der Waals surface area contributed by atoms with E-state index < -0.39 is 35.9 Å². The Morgan fingerprint density at radius 3 is 2.38 bits per heavy atom. The Hall–Kier alpha value is -3.73. The highest BCUT2D eigenvalue weighted by Crippen LogP contribution is 2.54. The van der Waals surface area contributed by atoms with E-state index in [4.69, 9.17) is 0 Å². The second-order valence-electron chi connectivity index (χ2n) is 11.7. The Morgan fingerprint density at radius 1 is 1.10 bits per heavy atom. The molecule has 1 spiro atoms. The molecule has 208 valence electrons. The number of methoxy groups -OCH3 is 1. The third-order valence-electron chi connectivity index (χ3n) is 8.44. The molecule has 2 N–H and O–H groups in total. The Bertz CT molecular complexity index is 1270. The number of carbonyl (C=O) groups is 4. The van der Waals surface area contributed by atoms with Crippen LogP contribution < -0.4 is 5.32 Å². The second kappa shape index (κ2) is 10.1. The van der Waals surface area contributed by atoms with Crippen LogP contribution >= 0.6 is 0 Å². The average Bonchev–Trinajstić information content (AvgIpc) is 3.24. The van der Waals surface area contributed by atoms with Gasteiger partial charge in [-0.1, -0.05) is 44.2 Å². The van der Waals surface area contributed by atoms with E-state index in [1.165, 1.54) is 13.3 Å². The topological polar surface area (TPSA) is 134 Å². The minimum absolute atomic E-state index is 0.0109. The summed E-state index contributed by atoms with van der Waals surface area (Å²) in [5.74, 6) is -2.04. The van der Waals surface area contributed by atoms with Gasteiger partial charge in [-0.05, 0) is 17.4 Å². The zero-order valence-electron chi connectivity index (χ0n) is 22.5. The fourth-order valence-electron chi connectivity index (χ4n) is 5.89. The molecule has 2 saturated heterocycles. The van der Waals surface area contributed by atoms with Crippen LogP contribution in [0, 0.1) is 22.7 Å². The van der Waals surface area contributed by atoms with Crippen molar-refractivity contribution in [3.63, 3.8) is 0 Å². The van der Waals surface area contributed by atoms with Gasteiger partial charge in [0.1, 0.15) is 0 Å². The van der Waals surface area contributed by atoms with Gasteiger partial charge in [0.15, 0.2) is 6.04 Å². The van der Waals surface area contributed by atoms with Gasteiger partial charge < -0.3 is 25.0 Å². The summed E-state index contributed by atoms with van der Waals surface area (Å²) in [4.78, 5) is 55.3. The monoisotopic (exact) mass is 537 g/mol. The van der Waals surface area contributed by atoms with Gasteiger partial charge in [-0.2, -0.15) is 5.10 Å². The van der Waals surface area contributed by atoms with Crippen molar-refractivity contribution in [2.75, 3.05) is 39.9 Å². The first-order valence-electron chi connectivity index (χ1n) is 13.2. The van der Waals surface area contributed by atoms with Crippen molar-refractivity contribution in [1.29, 1.82) is 0 Å². The van der Waals surface area contributed by atoms with Gasteiger partial charge >= 0.3 is 5.97 Å². The minimum atomic E-state index is -1.20. The summed E-state index contributed by atoms with van der Waals surface area (Å²) in [5.41, 5.74) is 0.823. The highest BCUT2D eigenvalue weighted by molar-refractivity contribution is 5.95. The standard InChI is InChI=1S/C28H35N5O6/c1-27(2)9-20(27)25(37)32-16-28(17-32)15-31(13-21(28)23(35)30-22(14-34)26(38)39-3)24(36)19-10-29-33(12-19)11-18-7-5-4-6-8-18/h4-8,10,12,20-22,34H,9,11,13-17H2,1-3H3,(H,30,35)/t20-,21-,22+/m1/s1. The Morgan fingerprint density at radius 2 is 1.77 bits per heavy atom. The van der Waals surface area contributed by atoms with Gasteiger partial charge in [-0.25, -0.2) is 4.79 Å². The van der Waals surface area contributed by atoms with E-state index in [9.17, 15) is 24.3 Å². The maximum Gasteiger partial charge on any atom is 0.330 e. The van der Waals surface area contributed by atoms with Crippen LogP contribution in [0.25, 0.3) is 0 Å². The number of carbonyl (C=O) groups excluding carboxylic acids is 4. The van der Waals surface area contributed by atoms with Crippen molar-refractivity contribution in [2.45, 2.75) is 32.9 Å². The van der Waals surface area contributed by atoms with Crippen LogP contribution in [0.3, 0.4) is 0 Å². The number of aliphatic hydroxyl groups is 1. The Balaban J connectivity index is 1.31. The van der Waals surface area contributed by atoms with E-state index in [0.717, 1.165) is 12.0 Å². The van der Waals surface area contributed by atoms with Crippen molar-refractivity contribution in [1.82, 2.24) is 24.9 Å². The lowest BCUT2D eigenvalue weighted by Gasteiger charge is -2.50. The van der Waals surface area contributed by atoms with Crippen molar-refractivity contribution in [3.8, 4) is 0 Å². The lowest BCUT2D eigenvalue weighted by molar-refractivity contribution is -0.153. The van der Waals surface area contributed by atoms with Crippen LogP contribution in [0.5, 0.6) is 0 Å². The average molecular weight is 538 g/mol. The molecular weight excluding hydrogens is 502 g/mol. The van der Waals surface area contributed by atoms with E-state index in [1.54, 1.807) is 20.7 Å². The molecule has 1 aliphatic carbocycles. The summed E-state index contributed by atoms with van der Waals surface area (Å²) in [6, 6.07) is 8.58. The van der Waals surface area contributed by atoms with Crippen LogP contribution in [-0.2, 0) is 25.7 Å². The van der Waals surface area contributed by atoms with Crippen molar-refractivity contribution in [3.05, 3.63) is 53.9 Å². The third kappa shape index (κ3) is 5.15. The van der Waals surface area contributed by atoms with Crippen LogP contribution in [0.1, 0.15) is 36.2 Å². The number of aromatic nitrogens is 2. The van der Waals surface area contributed by atoms with E-state index in [-0.39, 0.29) is 29.7 Å². The van der Waals surface area contributed by atoms with Crippen LogP contribution in [0.2, 0.25) is 0 Å². The number of likely N-dealkylation sites (tertiary alicyclic amines) is 2. The molecule has 1 aromatic heterocycles. The molecule has 1 saturated carbocycles. The number of nitrogens with one attached hydrogen (secondary N) is 1. The third-order valence-corrected chi connectivity index (χ3v) is 8.44. The highest BCUT2D eigenvalue weighted by atomic mass is 16.5. The van der Waals surface area contributed by atoms with E-state index >= 15 is 0 Å². The van der Waals surface area contributed by atoms with E-state index in [1.807, 2.05) is 30.3 Å². The molecular formula is C28H35N5O6. The lowest BCUT2D eigenvalue weighted by Crippen LogP contribution is -2.65. The molecule has 5 rings (SSSR count). The quantitative estimate of drug-likeness (QED) is 0.469. The molecule has 2 aromatic rings. The number of hydrogen-bond donors (Lipinski definition) is 2. The molecule has 3 aliphatic rings. The molecule has 11 heteroatoms. The molecule has 39 heavy (non-hydrogen) atoms. The van der Waals surface area contributed by atoms with Gasteiger partial charge in [0.25, 0.3) is 5.91 Å².